The van der Waals surface area contributed by atoms with E-state index in [1.165, 1.54) is 11.8 Å². The van der Waals surface area contributed by atoms with Gasteiger partial charge in [0.1, 0.15) is 0 Å². The fourth-order valence-electron chi connectivity index (χ4n) is 2.66. The standard InChI is InChI=1S/C23H21NO2S/c1-16-10-12-18(13-11-16)22(25)15-27-20-8-5-7-19(14-20)24-23(26)21-9-4-3-6-17(21)2/h3-14H,15H2,1-2H3,(H,24,26). The zero-order valence-corrected chi connectivity index (χ0v) is 16.2. The Kier molecular flexibility index (Phi) is 6.09. The quantitative estimate of drug-likeness (QED) is 0.455. The van der Waals surface area contributed by atoms with Gasteiger partial charge in [-0.25, -0.2) is 0 Å². The van der Waals surface area contributed by atoms with E-state index in [1.807, 2.05) is 86.6 Å². The molecule has 3 aromatic rings. The van der Waals surface area contributed by atoms with E-state index in [0.717, 1.165) is 27.3 Å². The van der Waals surface area contributed by atoms with Crippen molar-refractivity contribution in [3.63, 3.8) is 0 Å². The van der Waals surface area contributed by atoms with Crippen molar-refractivity contribution in [1.29, 1.82) is 0 Å². The zero-order chi connectivity index (χ0) is 19.2. The normalized spacial score (nSPS) is 10.4. The van der Waals surface area contributed by atoms with Gasteiger partial charge >= 0.3 is 0 Å². The first-order valence-corrected chi connectivity index (χ1v) is 9.71. The van der Waals surface area contributed by atoms with E-state index in [2.05, 4.69) is 5.32 Å². The van der Waals surface area contributed by atoms with E-state index in [1.54, 1.807) is 0 Å². The second-order valence-electron chi connectivity index (χ2n) is 6.37. The maximum absolute atomic E-state index is 12.5. The van der Waals surface area contributed by atoms with Crippen molar-refractivity contribution in [2.24, 2.45) is 0 Å². The highest BCUT2D eigenvalue weighted by Crippen LogP contribution is 2.23. The van der Waals surface area contributed by atoms with E-state index in [0.29, 0.717) is 11.3 Å². The summed E-state index contributed by atoms with van der Waals surface area (Å²) in [5.41, 5.74) is 4.17. The van der Waals surface area contributed by atoms with Gasteiger partial charge in [-0.1, -0.05) is 54.1 Å². The highest BCUT2D eigenvalue weighted by atomic mass is 32.2. The lowest BCUT2D eigenvalue weighted by atomic mass is 10.1. The third-order valence-corrected chi connectivity index (χ3v) is 5.22. The summed E-state index contributed by atoms with van der Waals surface area (Å²) in [4.78, 5) is 25.7. The van der Waals surface area contributed by atoms with Crippen LogP contribution in [0.1, 0.15) is 31.8 Å². The number of hydrogen-bond acceptors (Lipinski definition) is 3. The molecule has 1 amide bonds. The SMILES string of the molecule is Cc1ccc(C(=O)CSc2cccc(NC(=O)c3ccccc3C)c2)cc1. The summed E-state index contributed by atoms with van der Waals surface area (Å²) in [5.74, 6) is 0.318. The molecule has 0 aliphatic carbocycles. The molecule has 0 aromatic heterocycles. The minimum Gasteiger partial charge on any atom is -0.322 e. The Morgan fingerprint density at radius 3 is 2.37 bits per heavy atom. The number of hydrogen-bond donors (Lipinski definition) is 1. The first-order valence-electron chi connectivity index (χ1n) is 8.72. The van der Waals surface area contributed by atoms with Crippen LogP contribution in [-0.2, 0) is 0 Å². The number of aryl methyl sites for hydroxylation is 2. The van der Waals surface area contributed by atoms with Crippen molar-refractivity contribution in [2.45, 2.75) is 18.7 Å². The van der Waals surface area contributed by atoms with Crippen LogP contribution in [0.15, 0.2) is 77.7 Å². The number of anilines is 1. The average Bonchev–Trinajstić information content (AvgIpc) is 2.67. The Morgan fingerprint density at radius 1 is 0.889 bits per heavy atom. The molecular formula is C23H21NO2S. The molecule has 0 aliphatic rings. The molecule has 0 unspecified atom stereocenters. The Morgan fingerprint density at radius 2 is 1.63 bits per heavy atom. The molecule has 3 rings (SSSR count). The summed E-state index contributed by atoms with van der Waals surface area (Å²) in [5, 5.41) is 2.93. The van der Waals surface area contributed by atoms with Gasteiger partial charge in [-0.15, -0.1) is 11.8 Å². The number of Topliss-reactive ketones (excluding diaryl/α,β-unsaturated/α-hetero) is 1. The number of benzene rings is 3. The number of amides is 1. The molecule has 0 spiro atoms. The van der Waals surface area contributed by atoms with Gasteiger partial charge in [0.2, 0.25) is 0 Å². The summed E-state index contributed by atoms with van der Waals surface area (Å²) in [6.07, 6.45) is 0. The highest BCUT2D eigenvalue weighted by Gasteiger charge is 2.10. The number of carbonyl (C=O) groups is 2. The number of ketones is 1. The third kappa shape index (κ3) is 5.08. The molecule has 0 bridgehead atoms. The fourth-order valence-corrected chi connectivity index (χ4v) is 3.51. The smallest absolute Gasteiger partial charge is 0.255 e. The Labute approximate surface area is 163 Å². The topological polar surface area (TPSA) is 46.2 Å². The minimum atomic E-state index is -0.133. The number of rotatable bonds is 6. The van der Waals surface area contributed by atoms with E-state index in [9.17, 15) is 9.59 Å². The first kappa shape index (κ1) is 18.9. The van der Waals surface area contributed by atoms with Crippen molar-refractivity contribution < 1.29 is 9.59 Å². The average molecular weight is 375 g/mol. The summed E-state index contributed by atoms with van der Waals surface area (Å²) in [6, 6.07) is 22.7. The monoisotopic (exact) mass is 375 g/mol. The molecule has 3 aromatic carbocycles. The first-order chi connectivity index (χ1) is 13.0. The minimum absolute atomic E-state index is 0.0920. The Hall–Kier alpha value is -2.85. The summed E-state index contributed by atoms with van der Waals surface area (Å²) in [6.45, 7) is 3.91. The molecule has 0 saturated heterocycles. The highest BCUT2D eigenvalue weighted by molar-refractivity contribution is 8.00. The van der Waals surface area contributed by atoms with Crippen LogP contribution in [-0.4, -0.2) is 17.4 Å². The van der Waals surface area contributed by atoms with E-state index >= 15 is 0 Å². The summed E-state index contributed by atoms with van der Waals surface area (Å²) >= 11 is 1.47. The number of thioether (sulfide) groups is 1. The summed E-state index contributed by atoms with van der Waals surface area (Å²) < 4.78 is 0. The molecule has 0 aliphatic heterocycles. The van der Waals surface area contributed by atoms with Crippen molar-refractivity contribution in [1.82, 2.24) is 0 Å². The van der Waals surface area contributed by atoms with Crippen molar-refractivity contribution in [2.75, 3.05) is 11.1 Å². The van der Waals surface area contributed by atoms with Crippen LogP contribution in [0, 0.1) is 13.8 Å². The van der Waals surface area contributed by atoms with Gasteiger partial charge in [0.25, 0.3) is 5.91 Å². The van der Waals surface area contributed by atoms with E-state index < -0.39 is 0 Å². The number of nitrogens with one attached hydrogen (secondary N) is 1. The van der Waals surface area contributed by atoms with Gasteiger partial charge in [0.05, 0.1) is 5.75 Å². The lowest BCUT2D eigenvalue weighted by Crippen LogP contribution is -2.13. The van der Waals surface area contributed by atoms with Gasteiger partial charge < -0.3 is 5.32 Å². The van der Waals surface area contributed by atoms with Gasteiger partial charge in [-0.05, 0) is 43.7 Å². The lowest BCUT2D eigenvalue weighted by molar-refractivity contribution is 0.101. The maximum Gasteiger partial charge on any atom is 0.255 e. The second-order valence-corrected chi connectivity index (χ2v) is 7.42. The van der Waals surface area contributed by atoms with E-state index in [-0.39, 0.29) is 11.7 Å². The van der Waals surface area contributed by atoms with Crippen molar-refractivity contribution in [3.05, 3.63) is 95.1 Å². The molecule has 1 N–H and O–H groups in total. The van der Waals surface area contributed by atoms with Crippen LogP contribution in [0.3, 0.4) is 0 Å². The van der Waals surface area contributed by atoms with Crippen LogP contribution < -0.4 is 5.32 Å². The van der Waals surface area contributed by atoms with Gasteiger partial charge in [0, 0.05) is 21.7 Å². The molecule has 0 fully saturated rings. The van der Waals surface area contributed by atoms with Crippen LogP contribution in [0.2, 0.25) is 0 Å². The van der Waals surface area contributed by atoms with Crippen LogP contribution in [0.5, 0.6) is 0 Å². The number of carbonyl (C=O) groups excluding carboxylic acids is 2. The maximum atomic E-state index is 12.5. The largest absolute Gasteiger partial charge is 0.322 e. The molecule has 3 nitrogen and oxygen atoms in total. The predicted octanol–water partition coefficient (Wildman–Crippen LogP) is 5.53. The molecule has 0 heterocycles. The molecule has 0 saturated carbocycles. The third-order valence-electron chi connectivity index (χ3n) is 4.23. The van der Waals surface area contributed by atoms with Crippen LogP contribution in [0.4, 0.5) is 5.69 Å². The summed E-state index contributed by atoms with van der Waals surface area (Å²) in [7, 11) is 0. The van der Waals surface area contributed by atoms with E-state index in [4.69, 9.17) is 0 Å². The van der Waals surface area contributed by atoms with Crippen molar-refractivity contribution >= 4 is 29.1 Å². The predicted molar refractivity (Wildman–Crippen MR) is 112 cm³/mol. The zero-order valence-electron chi connectivity index (χ0n) is 15.4. The Balaban J connectivity index is 1.63. The molecule has 4 heteroatoms. The van der Waals surface area contributed by atoms with Crippen LogP contribution in [0.25, 0.3) is 0 Å². The molecule has 0 radical (unpaired) electrons. The molecule has 0 atom stereocenters. The van der Waals surface area contributed by atoms with Gasteiger partial charge in [-0.2, -0.15) is 0 Å². The van der Waals surface area contributed by atoms with Crippen LogP contribution >= 0.6 is 11.8 Å². The molecular weight excluding hydrogens is 354 g/mol. The fraction of sp³-hybridized carbons (Fsp3) is 0.130. The van der Waals surface area contributed by atoms with Crippen molar-refractivity contribution in [3.8, 4) is 0 Å². The molecule has 27 heavy (non-hydrogen) atoms. The lowest BCUT2D eigenvalue weighted by Gasteiger charge is -2.09. The molecule has 136 valence electrons. The van der Waals surface area contributed by atoms with Gasteiger partial charge in [-0.3, -0.25) is 9.59 Å². The van der Waals surface area contributed by atoms with Gasteiger partial charge in [0.15, 0.2) is 5.78 Å². The Bertz CT molecular complexity index is 964. The second kappa shape index (κ2) is 8.69.